The summed E-state index contributed by atoms with van der Waals surface area (Å²) in [5.41, 5.74) is 0.965. The van der Waals surface area contributed by atoms with E-state index in [0.717, 1.165) is 5.69 Å². The Labute approximate surface area is 166 Å². The molecule has 1 saturated heterocycles. The second kappa shape index (κ2) is 8.45. The minimum Gasteiger partial charge on any atom is -0.484 e. The normalized spacial score (nSPS) is 14.1. The van der Waals surface area contributed by atoms with Gasteiger partial charge in [0.15, 0.2) is 6.61 Å². The van der Waals surface area contributed by atoms with Gasteiger partial charge in [-0.3, -0.25) is 14.9 Å². The average molecular weight is 410 g/mol. The Morgan fingerprint density at radius 3 is 2.30 bits per heavy atom. The van der Waals surface area contributed by atoms with Gasteiger partial charge in [-0.2, -0.15) is 0 Å². The molecule has 1 heterocycles. The van der Waals surface area contributed by atoms with Crippen molar-refractivity contribution in [3.8, 4) is 5.75 Å². The zero-order valence-electron chi connectivity index (χ0n) is 14.3. The average Bonchev–Trinajstić information content (AvgIpc) is 2.69. The zero-order valence-corrected chi connectivity index (χ0v) is 15.8. The molecule has 7 nitrogen and oxygen atoms in total. The van der Waals surface area contributed by atoms with E-state index in [1.165, 1.54) is 12.1 Å². The second-order valence-electron chi connectivity index (χ2n) is 6.01. The Hall–Kier alpha value is -2.51. The van der Waals surface area contributed by atoms with Crippen LogP contribution in [0.2, 0.25) is 10.0 Å². The van der Waals surface area contributed by atoms with Crippen molar-refractivity contribution >= 4 is 40.5 Å². The molecule has 0 N–H and O–H groups in total. The molecule has 9 heteroatoms. The maximum absolute atomic E-state index is 12.3. The van der Waals surface area contributed by atoms with Gasteiger partial charge in [0.1, 0.15) is 5.75 Å². The van der Waals surface area contributed by atoms with Crippen molar-refractivity contribution in [3.05, 3.63) is 62.6 Å². The van der Waals surface area contributed by atoms with Gasteiger partial charge in [-0.15, -0.1) is 0 Å². The maximum atomic E-state index is 12.3. The van der Waals surface area contributed by atoms with Gasteiger partial charge in [0.05, 0.1) is 15.0 Å². The Bertz CT molecular complexity index is 837. The number of carbonyl (C=O) groups is 1. The highest BCUT2D eigenvalue weighted by Gasteiger charge is 2.22. The van der Waals surface area contributed by atoms with Gasteiger partial charge >= 0.3 is 0 Å². The SMILES string of the molecule is O=C(COc1ccc(Cl)c(Cl)c1)N1CCN(c2ccc([N+](=O)[O-])cc2)CC1. The molecule has 1 fully saturated rings. The van der Waals surface area contributed by atoms with Gasteiger partial charge in [-0.1, -0.05) is 23.2 Å². The van der Waals surface area contributed by atoms with E-state index in [4.69, 9.17) is 27.9 Å². The largest absolute Gasteiger partial charge is 0.484 e. The molecular weight excluding hydrogens is 393 g/mol. The monoisotopic (exact) mass is 409 g/mol. The number of benzene rings is 2. The van der Waals surface area contributed by atoms with Crippen LogP contribution in [-0.2, 0) is 4.79 Å². The number of nitro groups is 1. The molecule has 27 heavy (non-hydrogen) atoms. The molecule has 0 saturated carbocycles. The van der Waals surface area contributed by atoms with E-state index < -0.39 is 4.92 Å². The van der Waals surface area contributed by atoms with Crippen LogP contribution in [0.5, 0.6) is 5.75 Å². The highest BCUT2D eigenvalue weighted by Crippen LogP contribution is 2.26. The van der Waals surface area contributed by atoms with Gasteiger partial charge in [0.25, 0.3) is 11.6 Å². The molecule has 0 radical (unpaired) electrons. The van der Waals surface area contributed by atoms with Crippen LogP contribution >= 0.6 is 23.2 Å². The molecule has 2 aromatic carbocycles. The van der Waals surface area contributed by atoms with E-state index in [-0.39, 0.29) is 18.2 Å². The number of hydrogen-bond acceptors (Lipinski definition) is 5. The van der Waals surface area contributed by atoms with E-state index in [1.807, 2.05) is 0 Å². The molecule has 0 unspecified atom stereocenters. The molecule has 0 bridgehead atoms. The fourth-order valence-electron chi connectivity index (χ4n) is 2.80. The smallest absolute Gasteiger partial charge is 0.269 e. The summed E-state index contributed by atoms with van der Waals surface area (Å²) in [6, 6.07) is 11.3. The van der Waals surface area contributed by atoms with Crippen LogP contribution in [0.3, 0.4) is 0 Å². The molecular formula is C18H17Cl2N3O4. The Kier molecular flexibility index (Phi) is 6.03. The molecule has 3 rings (SSSR count). The lowest BCUT2D eigenvalue weighted by molar-refractivity contribution is -0.384. The molecule has 142 valence electrons. The molecule has 0 aliphatic carbocycles. The summed E-state index contributed by atoms with van der Waals surface area (Å²) in [5.74, 6) is 0.381. The summed E-state index contributed by atoms with van der Waals surface area (Å²) in [6.45, 7) is 2.34. The number of amides is 1. The number of nitro benzene ring substituents is 1. The number of rotatable bonds is 5. The first kappa shape index (κ1) is 19.3. The highest BCUT2D eigenvalue weighted by atomic mass is 35.5. The standard InChI is InChI=1S/C18H17Cl2N3O4/c19-16-6-5-15(11-17(16)20)27-12-18(24)22-9-7-21(8-10-22)13-1-3-14(4-2-13)23(25)26/h1-6,11H,7-10,12H2. The van der Waals surface area contributed by atoms with E-state index >= 15 is 0 Å². The third kappa shape index (κ3) is 4.81. The third-order valence-corrected chi connectivity index (χ3v) is 5.05. The Morgan fingerprint density at radius 2 is 1.70 bits per heavy atom. The van der Waals surface area contributed by atoms with Crippen molar-refractivity contribution < 1.29 is 14.5 Å². The number of carbonyl (C=O) groups excluding carboxylic acids is 1. The Morgan fingerprint density at radius 1 is 1.04 bits per heavy atom. The predicted octanol–water partition coefficient (Wildman–Crippen LogP) is 3.63. The van der Waals surface area contributed by atoms with E-state index in [9.17, 15) is 14.9 Å². The summed E-state index contributed by atoms with van der Waals surface area (Å²) in [6.07, 6.45) is 0. The number of halogens is 2. The van der Waals surface area contributed by atoms with Crippen LogP contribution in [0.1, 0.15) is 0 Å². The molecule has 0 atom stereocenters. The lowest BCUT2D eigenvalue weighted by atomic mass is 10.2. The molecule has 2 aromatic rings. The summed E-state index contributed by atoms with van der Waals surface area (Å²) in [5, 5.41) is 11.5. The molecule has 0 aromatic heterocycles. The zero-order chi connectivity index (χ0) is 19.4. The number of ether oxygens (including phenoxy) is 1. The first-order chi connectivity index (χ1) is 12.9. The summed E-state index contributed by atoms with van der Waals surface area (Å²) in [7, 11) is 0. The van der Waals surface area contributed by atoms with Crippen LogP contribution < -0.4 is 9.64 Å². The summed E-state index contributed by atoms with van der Waals surface area (Å²) in [4.78, 5) is 26.5. The first-order valence-electron chi connectivity index (χ1n) is 8.29. The topological polar surface area (TPSA) is 75.9 Å². The van der Waals surface area contributed by atoms with Gasteiger partial charge in [-0.25, -0.2) is 0 Å². The van der Waals surface area contributed by atoms with E-state index in [2.05, 4.69) is 4.90 Å². The van der Waals surface area contributed by atoms with E-state index in [1.54, 1.807) is 35.2 Å². The van der Waals surface area contributed by atoms with Crippen molar-refractivity contribution in [2.45, 2.75) is 0 Å². The fraction of sp³-hybridized carbons (Fsp3) is 0.278. The van der Waals surface area contributed by atoms with Crippen LogP contribution in [0.15, 0.2) is 42.5 Å². The highest BCUT2D eigenvalue weighted by molar-refractivity contribution is 6.42. The lowest BCUT2D eigenvalue weighted by Gasteiger charge is -2.36. The van der Waals surface area contributed by atoms with Crippen molar-refractivity contribution in [3.63, 3.8) is 0 Å². The van der Waals surface area contributed by atoms with Gasteiger partial charge < -0.3 is 14.5 Å². The first-order valence-corrected chi connectivity index (χ1v) is 9.04. The number of hydrogen-bond donors (Lipinski definition) is 0. The number of piperazine rings is 1. The van der Waals surface area contributed by atoms with E-state index in [0.29, 0.717) is 42.0 Å². The third-order valence-electron chi connectivity index (χ3n) is 4.31. The number of non-ortho nitro benzene ring substituents is 1. The fourth-order valence-corrected chi connectivity index (χ4v) is 3.09. The summed E-state index contributed by atoms with van der Waals surface area (Å²) < 4.78 is 5.49. The minimum atomic E-state index is -0.422. The van der Waals surface area contributed by atoms with Crippen LogP contribution in [0, 0.1) is 10.1 Å². The molecule has 0 spiro atoms. The molecule has 1 aliphatic heterocycles. The van der Waals surface area contributed by atoms with Crippen molar-refractivity contribution in [2.24, 2.45) is 0 Å². The maximum Gasteiger partial charge on any atom is 0.269 e. The van der Waals surface area contributed by atoms with Crippen LogP contribution in [0.4, 0.5) is 11.4 Å². The van der Waals surface area contributed by atoms with Crippen molar-refractivity contribution in [2.75, 3.05) is 37.7 Å². The lowest BCUT2D eigenvalue weighted by Crippen LogP contribution is -2.50. The van der Waals surface area contributed by atoms with Crippen LogP contribution in [-0.4, -0.2) is 48.5 Å². The number of anilines is 1. The Balaban J connectivity index is 1.50. The quantitative estimate of drug-likeness (QED) is 0.556. The predicted molar refractivity (Wildman–Crippen MR) is 104 cm³/mol. The molecule has 1 aliphatic rings. The number of nitrogens with zero attached hydrogens (tertiary/aromatic N) is 3. The second-order valence-corrected chi connectivity index (χ2v) is 6.82. The van der Waals surface area contributed by atoms with Gasteiger partial charge in [0, 0.05) is 50.1 Å². The van der Waals surface area contributed by atoms with Gasteiger partial charge in [-0.05, 0) is 24.3 Å². The van der Waals surface area contributed by atoms with Crippen molar-refractivity contribution in [1.82, 2.24) is 4.90 Å². The summed E-state index contributed by atoms with van der Waals surface area (Å²) >= 11 is 11.8. The van der Waals surface area contributed by atoms with Crippen molar-refractivity contribution in [1.29, 1.82) is 0 Å². The molecule has 1 amide bonds. The van der Waals surface area contributed by atoms with Gasteiger partial charge in [0.2, 0.25) is 0 Å². The van der Waals surface area contributed by atoms with Crippen LogP contribution in [0.25, 0.3) is 0 Å². The minimum absolute atomic E-state index is 0.0621.